The summed E-state index contributed by atoms with van der Waals surface area (Å²) < 4.78 is 0.868. The van der Waals surface area contributed by atoms with Crippen LogP contribution in [0.4, 0.5) is 5.69 Å². The van der Waals surface area contributed by atoms with Gasteiger partial charge in [0, 0.05) is 18.3 Å². The molecule has 0 atom stereocenters. The van der Waals surface area contributed by atoms with E-state index in [1.165, 1.54) is 12.5 Å². The summed E-state index contributed by atoms with van der Waals surface area (Å²) in [4.78, 5) is 3.81. The number of hydrogen-bond donors (Lipinski definition) is 4. The molecule has 0 aromatic carbocycles. The third-order valence-corrected chi connectivity index (χ3v) is 2.25. The van der Waals surface area contributed by atoms with Crippen molar-refractivity contribution < 1.29 is 10.3 Å². The fraction of sp³-hybridized carbons (Fsp3) is 0.200. The highest BCUT2D eigenvalue weighted by Crippen LogP contribution is 2.24. The first kappa shape index (κ1) is 10.4. The van der Waals surface area contributed by atoms with Crippen LogP contribution in [0.3, 0.4) is 0 Å². The van der Waals surface area contributed by atoms with Gasteiger partial charge in [-0.25, -0.2) is 4.98 Å². The van der Waals surface area contributed by atoms with Gasteiger partial charge in [0.15, 0.2) is 0 Å². The molecule has 0 unspecified atom stereocenters. The molecule has 1 aliphatic carbocycles. The molecule has 0 bridgehead atoms. The number of nitrogens with zero attached hydrogens (tertiary/aromatic N) is 2. The molecule has 2 aliphatic rings. The fourth-order valence-corrected chi connectivity index (χ4v) is 1.55. The maximum Gasteiger partial charge on any atom is 0.132 e. The van der Waals surface area contributed by atoms with Crippen LogP contribution in [0, 0.1) is 5.41 Å². The van der Waals surface area contributed by atoms with Gasteiger partial charge >= 0.3 is 0 Å². The van der Waals surface area contributed by atoms with Crippen LogP contribution in [0.2, 0.25) is 0 Å². The highest BCUT2D eigenvalue weighted by molar-refractivity contribution is 5.74. The lowest BCUT2D eigenvalue weighted by Crippen LogP contribution is -2.15. The van der Waals surface area contributed by atoms with Crippen LogP contribution in [0.25, 0.3) is 11.3 Å². The van der Waals surface area contributed by atoms with Crippen molar-refractivity contribution in [2.24, 2.45) is 0 Å². The molecule has 0 aromatic heterocycles. The zero-order chi connectivity index (χ0) is 11.5. The molecule has 4 N–H and O–H groups in total. The summed E-state index contributed by atoms with van der Waals surface area (Å²) in [7, 11) is 0. The highest BCUT2D eigenvalue weighted by Gasteiger charge is 2.13. The quantitative estimate of drug-likeness (QED) is 0.552. The molecule has 0 saturated carbocycles. The van der Waals surface area contributed by atoms with E-state index in [2.05, 4.69) is 10.3 Å². The molecule has 0 amide bonds. The van der Waals surface area contributed by atoms with Gasteiger partial charge in [-0.15, -0.1) is 0 Å². The Bertz CT molecular complexity index is 523. The Hall–Kier alpha value is -2.08. The Balaban J connectivity index is 2.59. The van der Waals surface area contributed by atoms with E-state index in [4.69, 9.17) is 10.5 Å². The number of rotatable bonds is 3. The lowest BCUT2D eigenvalue weighted by Gasteiger charge is -2.14. The molecule has 0 saturated heterocycles. The summed E-state index contributed by atoms with van der Waals surface area (Å²) in [5.41, 5.74) is 1.69. The molecule has 1 aliphatic heterocycles. The number of nitrogens with one attached hydrogen (secondary N) is 2. The standard InChI is InChI=1S/C10H12N4O2/c11-8-1-2-9(13-3-4-15)10-7(8)5-12-6-14(10)16/h1-2,5-6,11,13,15-16H,3-4H2. The number of aliphatic hydroxyl groups excluding tert-OH is 1. The number of hydrogen-bond acceptors (Lipinski definition) is 5. The Morgan fingerprint density at radius 2 is 2.25 bits per heavy atom. The van der Waals surface area contributed by atoms with Crippen molar-refractivity contribution in [1.29, 1.82) is 5.41 Å². The molecule has 0 spiro atoms. The average Bonchev–Trinajstić information content (AvgIpc) is 2.29. The van der Waals surface area contributed by atoms with E-state index in [0.29, 0.717) is 28.8 Å². The van der Waals surface area contributed by atoms with Crippen molar-refractivity contribution in [3.05, 3.63) is 30.0 Å². The SMILES string of the molecule is N=c1ccc(NCCO)c2n(O)cncc1-2. The molecule has 0 aromatic rings. The third-order valence-electron chi connectivity index (χ3n) is 2.25. The molecule has 0 fully saturated rings. The molecular weight excluding hydrogens is 208 g/mol. The van der Waals surface area contributed by atoms with Gasteiger partial charge in [-0.05, 0) is 12.1 Å². The van der Waals surface area contributed by atoms with Crippen LogP contribution in [0.1, 0.15) is 0 Å². The van der Waals surface area contributed by atoms with Crippen molar-refractivity contribution in [2.45, 2.75) is 0 Å². The number of fused-ring (bicyclic) bond motifs is 1. The van der Waals surface area contributed by atoms with Crippen LogP contribution < -0.4 is 10.7 Å². The molecule has 2 rings (SSSR count). The summed E-state index contributed by atoms with van der Waals surface area (Å²) in [6.07, 6.45) is 2.78. The second kappa shape index (κ2) is 4.19. The zero-order valence-corrected chi connectivity index (χ0v) is 8.51. The van der Waals surface area contributed by atoms with Crippen molar-refractivity contribution in [1.82, 2.24) is 9.71 Å². The Morgan fingerprint density at radius 1 is 1.44 bits per heavy atom. The van der Waals surface area contributed by atoms with Gasteiger partial charge in [0.25, 0.3) is 0 Å². The first-order chi connectivity index (χ1) is 7.74. The van der Waals surface area contributed by atoms with Crippen LogP contribution in [-0.4, -0.2) is 33.2 Å². The normalized spacial score (nSPS) is 10.6. The molecule has 1 heterocycles. The smallest absolute Gasteiger partial charge is 0.132 e. The molecule has 84 valence electrons. The van der Waals surface area contributed by atoms with E-state index in [-0.39, 0.29) is 6.61 Å². The number of benzene rings is 1. The summed E-state index contributed by atoms with van der Waals surface area (Å²) in [6.45, 7) is 0.384. The number of anilines is 1. The van der Waals surface area contributed by atoms with Crippen LogP contribution >= 0.6 is 0 Å². The van der Waals surface area contributed by atoms with Crippen molar-refractivity contribution in [2.75, 3.05) is 18.5 Å². The topological polar surface area (TPSA) is 94.2 Å². The van der Waals surface area contributed by atoms with Crippen molar-refractivity contribution >= 4 is 5.69 Å². The summed E-state index contributed by atoms with van der Waals surface area (Å²) in [6, 6.07) is 3.30. The van der Waals surface area contributed by atoms with E-state index in [1.807, 2.05) is 0 Å². The molecule has 16 heavy (non-hydrogen) atoms. The van der Waals surface area contributed by atoms with Gasteiger partial charge < -0.3 is 21.0 Å². The van der Waals surface area contributed by atoms with Gasteiger partial charge in [-0.2, -0.15) is 4.73 Å². The predicted octanol–water partition coefficient (Wildman–Crippen LogP) is 0.109. The van der Waals surface area contributed by atoms with Gasteiger partial charge in [0.2, 0.25) is 0 Å². The summed E-state index contributed by atoms with van der Waals surface area (Å²) in [5.74, 6) is 0. The molecule has 6 nitrogen and oxygen atoms in total. The van der Waals surface area contributed by atoms with Crippen LogP contribution in [0.5, 0.6) is 0 Å². The molecule has 6 heteroatoms. The lowest BCUT2D eigenvalue weighted by molar-refractivity contribution is 0.185. The van der Waals surface area contributed by atoms with Crippen LogP contribution in [0.15, 0.2) is 24.7 Å². The van der Waals surface area contributed by atoms with E-state index in [0.717, 1.165) is 4.73 Å². The molecule has 0 radical (unpaired) electrons. The summed E-state index contributed by atoms with van der Waals surface area (Å²) in [5, 5.41) is 29.3. The molecular formula is C10H12N4O2. The highest BCUT2D eigenvalue weighted by atomic mass is 16.5. The second-order valence-corrected chi connectivity index (χ2v) is 3.31. The van der Waals surface area contributed by atoms with Gasteiger partial charge in [0.05, 0.1) is 17.7 Å². The van der Waals surface area contributed by atoms with E-state index in [9.17, 15) is 5.21 Å². The minimum Gasteiger partial charge on any atom is -0.427 e. The maximum absolute atomic E-state index is 9.64. The minimum atomic E-state index is 0.000627. The predicted molar refractivity (Wildman–Crippen MR) is 57.5 cm³/mol. The maximum atomic E-state index is 9.64. The Labute approximate surface area is 91.6 Å². The number of aliphatic hydroxyl groups is 1. The first-order valence-corrected chi connectivity index (χ1v) is 4.82. The van der Waals surface area contributed by atoms with Crippen molar-refractivity contribution in [3.63, 3.8) is 0 Å². The van der Waals surface area contributed by atoms with E-state index >= 15 is 0 Å². The second-order valence-electron chi connectivity index (χ2n) is 3.31. The van der Waals surface area contributed by atoms with Gasteiger partial charge in [-0.3, -0.25) is 0 Å². The fourth-order valence-electron chi connectivity index (χ4n) is 1.55. The Morgan fingerprint density at radius 3 is 3.00 bits per heavy atom. The van der Waals surface area contributed by atoms with E-state index < -0.39 is 0 Å². The summed E-state index contributed by atoms with van der Waals surface area (Å²) >= 11 is 0. The minimum absolute atomic E-state index is 0.000627. The van der Waals surface area contributed by atoms with Gasteiger partial charge in [-0.1, -0.05) is 0 Å². The third kappa shape index (κ3) is 1.70. The van der Waals surface area contributed by atoms with Crippen LogP contribution in [-0.2, 0) is 0 Å². The van der Waals surface area contributed by atoms with E-state index in [1.54, 1.807) is 12.1 Å². The Kier molecular flexibility index (Phi) is 2.74. The van der Waals surface area contributed by atoms with Crippen molar-refractivity contribution in [3.8, 4) is 11.3 Å². The average molecular weight is 220 g/mol. The largest absolute Gasteiger partial charge is 0.427 e. The first-order valence-electron chi connectivity index (χ1n) is 4.82. The lowest BCUT2D eigenvalue weighted by atomic mass is 10.1. The number of aromatic nitrogens is 2. The zero-order valence-electron chi connectivity index (χ0n) is 8.51. The van der Waals surface area contributed by atoms with Gasteiger partial charge in [0.1, 0.15) is 12.0 Å². The monoisotopic (exact) mass is 220 g/mol.